The minimum atomic E-state index is -0.333. The van der Waals surface area contributed by atoms with Gasteiger partial charge in [0.2, 0.25) is 0 Å². The highest BCUT2D eigenvalue weighted by atomic mass is 16.5. The van der Waals surface area contributed by atoms with E-state index in [9.17, 15) is 9.90 Å². The molecule has 0 fully saturated rings. The lowest BCUT2D eigenvalue weighted by atomic mass is 10.0. The molecule has 0 radical (unpaired) electrons. The van der Waals surface area contributed by atoms with Crippen LogP contribution in [-0.2, 0) is 16.0 Å². The van der Waals surface area contributed by atoms with Crippen LogP contribution in [0.25, 0.3) is 0 Å². The van der Waals surface area contributed by atoms with Crippen LogP contribution < -0.4 is 0 Å². The van der Waals surface area contributed by atoms with Crippen LogP contribution in [0.1, 0.15) is 23.6 Å². The number of benzene rings is 1. The number of hydrogen-bond donors (Lipinski definition) is 1. The van der Waals surface area contributed by atoms with Crippen molar-refractivity contribution < 1.29 is 14.6 Å². The first-order valence-electron chi connectivity index (χ1n) is 4.96. The molecule has 0 aromatic heterocycles. The SMILES string of the molecule is CCOC(=O)Cc1cc(C#N)c(O)cc1C. The first-order valence-corrected chi connectivity index (χ1v) is 4.96. The Bertz CT molecular complexity index is 446. The molecule has 1 aromatic carbocycles. The van der Waals surface area contributed by atoms with Gasteiger partial charge in [-0.2, -0.15) is 5.26 Å². The molecule has 0 aliphatic carbocycles. The first kappa shape index (κ1) is 12.1. The summed E-state index contributed by atoms with van der Waals surface area (Å²) in [4.78, 5) is 11.3. The van der Waals surface area contributed by atoms with Crippen LogP contribution in [0, 0.1) is 18.3 Å². The second kappa shape index (κ2) is 5.17. The summed E-state index contributed by atoms with van der Waals surface area (Å²) in [7, 11) is 0. The van der Waals surface area contributed by atoms with E-state index < -0.39 is 0 Å². The van der Waals surface area contributed by atoms with Gasteiger partial charge in [0.1, 0.15) is 11.8 Å². The van der Waals surface area contributed by atoms with Crippen molar-refractivity contribution in [2.24, 2.45) is 0 Å². The fourth-order valence-corrected chi connectivity index (χ4v) is 1.39. The van der Waals surface area contributed by atoms with E-state index in [1.165, 1.54) is 12.1 Å². The highest BCUT2D eigenvalue weighted by molar-refractivity contribution is 5.73. The maximum absolute atomic E-state index is 11.3. The Morgan fingerprint density at radius 2 is 2.25 bits per heavy atom. The molecule has 84 valence electrons. The van der Waals surface area contributed by atoms with E-state index in [1.807, 2.05) is 6.07 Å². The zero-order valence-corrected chi connectivity index (χ0v) is 9.28. The summed E-state index contributed by atoms with van der Waals surface area (Å²) in [5.41, 5.74) is 1.64. The standard InChI is InChI=1S/C12H13NO3/c1-3-16-12(15)6-9-5-10(7-13)11(14)4-8(9)2/h4-5,14H,3,6H2,1-2H3. The van der Waals surface area contributed by atoms with E-state index in [-0.39, 0.29) is 23.7 Å². The van der Waals surface area contributed by atoms with Crippen molar-refractivity contribution in [2.45, 2.75) is 20.3 Å². The Hall–Kier alpha value is -2.02. The van der Waals surface area contributed by atoms with E-state index in [0.717, 1.165) is 5.56 Å². The Morgan fingerprint density at radius 1 is 1.56 bits per heavy atom. The normalized spacial score (nSPS) is 9.56. The Kier molecular flexibility index (Phi) is 3.90. The van der Waals surface area contributed by atoms with E-state index in [4.69, 9.17) is 10.00 Å². The summed E-state index contributed by atoms with van der Waals surface area (Å²) in [6, 6.07) is 4.86. The smallest absolute Gasteiger partial charge is 0.310 e. The van der Waals surface area contributed by atoms with Gasteiger partial charge in [-0.3, -0.25) is 4.79 Å². The van der Waals surface area contributed by atoms with Gasteiger partial charge in [-0.1, -0.05) is 0 Å². The first-order chi connectivity index (χ1) is 7.58. The molecule has 0 aliphatic rings. The van der Waals surface area contributed by atoms with Crippen molar-refractivity contribution in [2.75, 3.05) is 6.61 Å². The van der Waals surface area contributed by atoms with Crippen LogP contribution in [0.2, 0.25) is 0 Å². The minimum absolute atomic E-state index is 0.0624. The largest absolute Gasteiger partial charge is 0.507 e. The van der Waals surface area contributed by atoms with E-state index in [0.29, 0.717) is 12.2 Å². The number of rotatable bonds is 3. The van der Waals surface area contributed by atoms with Gasteiger partial charge in [-0.15, -0.1) is 0 Å². The van der Waals surface area contributed by atoms with E-state index in [1.54, 1.807) is 13.8 Å². The van der Waals surface area contributed by atoms with Gasteiger partial charge < -0.3 is 9.84 Å². The number of hydrogen-bond acceptors (Lipinski definition) is 4. The third kappa shape index (κ3) is 2.74. The zero-order chi connectivity index (χ0) is 12.1. The molecule has 0 saturated heterocycles. The lowest BCUT2D eigenvalue weighted by molar-refractivity contribution is -0.142. The van der Waals surface area contributed by atoms with Crippen LogP contribution in [-0.4, -0.2) is 17.7 Å². The maximum atomic E-state index is 11.3. The molecule has 0 unspecified atom stereocenters. The highest BCUT2D eigenvalue weighted by Gasteiger charge is 2.10. The molecule has 4 nitrogen and oxygen atoms in total. The Morgan fingerprint density at radius 3 is 2.81 bits per heavy atom. The number of carbonyl (C=O) groups excluding carboxylic acids is 1. The van der Waals surface area contributed by atoms with Crippen LogP contribution in [0.5, 0.6) is 5.75 Å². The van der Waals surface area contributed by atoms with Crippen LogP contribution in [0.3, 0.4) is 0 Å². The fourth-order valence-electron chi connectivity index (χ4n) is 1.39. The minimum Gasteiger partial charge on any atom is -0.507 e. The summed E-state index contributed by atoms with van der Waals surface area (Å²) < 4.78 is 4.82. The molecular weight excluding hydrogens is 206 g/mol. The number of aryl methyl sites for hydroxylation is 1. The monoisotopic (exact) mass is 219 g/mol. The van der Waals surface area contributed by atoms with Crippen LogP contribution in [0.15, 0.2) is 12.1 Å². The maximum Gasteiger partial charge on any atom is 0.310 e. The highest BCUT2D eigenvalue weighted by Crippen LogP contribution is 2.21. The molecule has 0 atom stereocenters. The molecule has 1 rings (SSSR count). The predicted molar refractivity (Wildman–Crippen MR) is 57.9 cm³/mol. The van der Waals surface area contributed by atoms with Crippen molar-refractivity contribution in [3.05, 3.63) is 28.8 Å². The van der Waals surface area contributed by atoms with Gasteiger partial charge >= 0.3 is 5.97 Å². The summed E-state index contributed by atoms with van der Waals surface area (Å²) in [6.45, 7) is 3.85. The quantitative estimate of drug-likeness (QED) is 0.785. The Labute approximate surface area is 94.1 Å². The third-order valence-corrected chi connectivity index (χ3v) is 2.21. The fraction of sp³-hybridized carbons (Fsp3) is 0.333. The number of esters is 1. The second-order valence-electron chi connectivity index (χ2n) is 3.39. The third-order valence-electron chi connectivity index (χ3n) is 2.21. The second-order valence-corrected chi connectivity index (χ2v) is 3.39. The van der Waals surface area contributed by atoms with E-state index in [2.05, 4.69) is 0 Å². The summed E-state index contributed by atoms with van der Waals surface area (Å²) in [5, 5.41) is 18.2. The predicted octanol–water partition coefficient (Wildman–Crippen LogP) is 1.68. The number of nitrogens with zero attached hydrogens (tertiary/aromatic N) is 1. The average Bonchev–Trinajstić information content (AvgIpc) is 2.22. The number of nitriles is 1. The molecule has 0 heterocycles. The number of phenols is 1. The number of aromatic hydroxyl groups is 1. The molecule has 0 aliphatic heterocycles. The molecule has 4 heteroatoms. The number of carbonyl (C=O) groups is 1. The lowest BCUT2D eigenvalue weighted by Crippen LogP contribution is -2.08. The van der Waals surface area contributed by atoms with Gasteiger partial charge in [-0.05, 0) is 37.1 Å². The molecule has 16 heavy (non-hydrogen) atoms. The van der Waals surface area contributed by atoms with Gasteiger partial charge in [0.05, 0.1) is 18.6 Å². The molecule has 0 saturated carbocycles. The Balaban J connectivity index is 2.97. The molecule has 0 bridgehead atoms. The lowest BCUT2D eigenvalue weighted by Gasteiger charge is -2.07. The van der Waals surface area contributed by atoms with Crippen molar-refractivity contribution in [3.8, 4) is 11.8 Å². The average molecular weight is 219 g/mol. The summed E-state index contributed by atoms with van der Waals surface area (Å²) in [6.07, 6.45) is 0.120. The topological polar surface area (TPSA) is 70.3 Å². The van der Waals surface area contributed by atoms with Gasteiger partial charge in [-0.25, -0.2) is 0 Å². The molecular formula is C12H13NO3. The van der Waals surface area contributed by atoms with Crippen LogP contribution in [0.4, 0.5) is 0 Å². The molecule has 0 amide bonds. The van der Waals surface area contributed by atoms with Gasteiger partial charge in [0.25, 0.3) is 0 Å². The summed E-state index contributed by atoms with van der Waals surface area (Å²) >= 11 is 0. The van der Waals surface area contributed by atoms with Crippen molar-refractivity contribution in [1.29, 1.82) is 5.26 Å². The number of phenolic OH excluding ortho intramolecular Hbond substituents is 1. The van der Waals surface area contributed by atoms with Gasteiger partial charge in [0.15, 0.2) is 0 Å². The van der Waals surface area contributed by atoms with E-state index >= 15 is 0 Å². The summed E-state index contributed by atoms with van der Waals surface area (Å²) in [5.74, 6) is -0.396. The van der Waals surface area contributed by atoms with Gasteiger partial charge in [0, 0.05) is 0 Å². The van der Waals surface area contributed by atoms with Crippen LogP contribution >= 0.6 is 0 Å². The number of ether oxygens (including phenoxy) is 1. The van der Waals surface area contributed by atoms with Crippen molar-refractivity contribution in [3.63, 3.8) is 0 Å². The molecule has 0 spiro atoms. The molecule has 1 aromatic rings. The van der Waals surface area contributed by atoms with Crippen molar-refractivity contribution >= 4 is 5.97 Å². The zero-order valence-electron chi connectivity index (χ0n) is 9.28. The molecule has 1 N–H and O–H groups in total. The van der Waals surface area contributed by atoms with Crippen molar-refractivity contribution in [1.82, 2.24) is 0 Å².